The Morgan fingerprint density at radius 2 is 2.11 bits per heavy atom. The van der Waals surface area contributed by atoms with E-state index in [0.29, 0.717) is 19.4 Å². The van der Waals surface area contributed by atoms with Gasteiger partial charge in [0.2, 0.25) is 0 Å². The van der Waals surface area contributed by atoms with Crippen molar-refractivity contribution in [1.29, 1.82) is 0 Å². The maximum absolute atomic E-state index is 12.3. The number of hydrogen-bond donors (Lipinski definition) is 1. The number of carbonyl (C=O) groups excluding carboxylic acids is 2. The van der Waals surface area contributed by atoms with E-state index in [2.05, 4.69) is 12.2 Å². The lowest BCUT2D eigenvalue weighted by Gasteiger charge is -2.35. The van der Waals surface area contributed by atoms with Crippen molar-refractivity contribution in [2.24, 2.45) is 0 Å². The van der Waals surface area contributed by atoms with E-state index in [1.54, 1.807) is 4.90 Å². The van der Waals surface area contributed by atoms with E-state index in [9.17, 15) is 9.59 Å². The van der Waals surface area contributed by atoms with Crippen molar-refractivity contribution in [3.8, 4) is 0 Å². The quantitative estimate of drug-likeness (QED) is 0.908. The van der Waals surface area contributed by atoms with Gasteiger partial charge in [0, 0.05) is 31.1 Å². The molecule has 2 amide bonds. The number of rotatable bonds is 3. The molecule has 1 heterocycles. The first-order valence-corrected chi connectivity index (χ1v) is 6.85. The largest absolute Gasteiger partial charge is 0.322 e. The van der Waals surface area contributed by atoms with Gasteiger partial charge in [0.05, 0.1) is 0 Å². The summed E-state index contributed by atoms with van der Waals surface area (Å²) in [7, 11) is 0. The number of carbonyl (C=O) groups is 2. The van der Waals surface area contributed by atoms with Crippen LogP contribution in [0.2, 0.25) is 0 Å². The minimum Gasteiger partial charge on any atom is -0.321 e. The third-order valence-corrected chi connectivity index (χ3v) is 3.44. The predicted molar refractivity (Wildman–Crippen MR) is 75.1 cm³/mol. The first-order valence-electron chi connectivity index (χ1n) is 6.85. The SMILES string of the molecule is CCCC1CC(=O)CCN1C(=O)Nc1ccccc1. The molecule has 0 spiro atoms. The summed E-state index contributed by atoms with van der Waals surface area (Å²) in [6.45, 7) is 2.61. The van der Waals surface area contributed by atoms with Gasteiger partial charge in [-0.05, 0) is 18.6 Å². The molecule has 1 aliphatic rings. The summed E-state index contributed by atoms with van der Waals surface area (Å²) in [4.78, 5) is 25.6. The van der Waals surface area contributed by atoms with Crippen molar-refractivity contribution in [3.05, 3.63) is 30.3 Å². The molecule has 1 unspecified atom stereocenters. The van der Waals surface area contributed by atoms with Gasteiger partial charge in [-0.1, -0.05) is 31.5 Å². The van der Waals surface area contributed by atoms with Gasteiger partial charge in [-0.3, -0.25) is 4.79 Å². The van der Waals surface area contributed by atoms with Gasteiger partial charge in [0.25, 0.3) is 0 Å². The molecule has 1 aliphatic heterocycles. The number of piperidine rings is 1. The van der Waals surface area contributed by atoms with Crippen LogP contribution >= 0.6 is 0 Å². The van der Waals surface area contributed by atoms with Crippen LogP contribution in [0.4, 0.5) is 10.5 Å². The highest BCUT2D eigenvalue weighted by molar-refractivity contribution is 5.91. The number of benzene rings is 1. The summed E-state index contributed by atoms with van der Waals surface area (Å²) in [5.41, 5.74) is 0.791. The molecule has 2 rings (SSSR count). The molecule has 4 heteroatoms. The highest BCUT2D eigenvalue weighted by Gasteiger charge is 2.29. The van der Waals surface area contributed by atoms with Crippen LogP contribution < -0.4 is 5.32 Å². The van der Waals surface area contributed by atoms with E-state index in [1.165, 1.54) is 0 Å². The molecule has 0 bridgehead atoms. The molecule has 1 aromatic carbocycles. The van der Waals surface area contributed by atoms with E-state index >= 15 is 0 Å². The minimum absolute atomic E-state index is 0.0509. The summed E-state index contributed by atoms with van der Waals surface area (Å²) >= 11 is 0. The number of para-hydroxylation sites is 1. The summed E-state index contributed by atoms with van der Waals surface area (Å²) in [5, 5.41) is 2.89. The number of urea groups is 1. The fourth-order valence-corrected chi connectivity index (χ4v) is 2.48. The van der Waals surface area contributed by atoms with Gasteiger partial charge in [-0.15, -0.1) is 0 Å². The summed E-state index contributed by atoms with van der Waals surface area (Å²) in [5.74, 6) is 0.266. The van der Waals surface area contributed by atoms with Crippen LogP contribution in [-0.2, 0) is 4.79 Å². The van der Waals surface area contributed by atoms with E-state index in [-0.39, 0.29) is 17.9 Å². The van der Waals surface area contributed by atoms with Crippen molar-refractivity contribution >= 4 is 17.5 Å². The Morgan fingerprint density at radius 1 is 1.37 bits per heavy atom. The van der Waals surface area contributed by atoms with E-state index in [1.807, 2.05) is 30.3 Å². The molecule has 4 nitrogen and oxygen atoms in total. The molecule has 1 saturated heterocycles. The van der Waals surface area contributed by atoms with Crippen molar-refractivity contribution in [2.75, 3.05) is 11.9 Å². The van der Waals surface area contributed by atoms with Crippen LogP contribution in [0, 0.1) is 0 Å². The number of nitrogens with zero attached hydrogens (tertiary/aromatic N) is 1. The Kier molecular flexibility index (Phi) is 4.55. The molecule has 1 aromatic rings. The summed E-state index contributed by atoms with van der Waals surface area (Å²) in [6, 6.07) is 9.36. The number of hydrogen-bond acceptors (Lipinski definition) is 2. The molecule has 19 heavy (non-hydrogen) atoms. The monoisotopic (exact) mass is 260 g/mol. The molecule has 0 aliphatic carbocycles. The molecular weight excluding hydrogens is 240 g/mol. The van der Waals surface area contributed by atoms with Crippen LogP contribution in [0.5, 0.6) is 0 Å². The summed E-state index contributed by atoms with van der Waals surface area (Å²) < 4.78 is 0. The van der Waals surface area contributed by atoms with Crippen LogP contribution in [0.25, 0.3) is 0 Å². The van der Waals surface area contributed by atoms with E-state index < -0.39 is 0 Å². The molecular formula is C15H20N2O2. The molecule has 0 radical (unpaired) electrons. The molecule has 0 saturated carbocycles. The van der Waals surface area contributed by atoms with Crippen LogP contribution in [-0.4, -0.2) is 29.3 Å². The van der Waals surface area contributed by atoms with Crippen molar-refractivity contribution in [2.45, 2.75) is 38.6 Å². The third kappa shape index (κ3) is 3.56. The van der Waals surface area contributed by atoms with Crippen LogP contribution in [0.15, 0.2) is 30.3 Å². The number of nitrogens with one attached hydrogen (secondary N) is 1. The highest BCUT2D eigenvalue weighted by Crippen LogP contribution is 2.20. The van der Waals surface area contributed by atoms with Gasteiger partial charge >= 0.3 is 6.03 Å². The standard InChI is InChI=1S/C15H20N2O2/c1-2-6-13-11-14(18)9-10-17(13)15(19)16-12-7-4-3-5-8-12/h3-5,7-8,13H,2,6,9-11H2,1H3,(H,16,19). The normalized spacial score (nSPS) is 19.3. The highest BCUT2D eigenvalue weighted by atomic mass is 16.2. The smallest absolute Gasteiger partial charge is 0.321 e. The van der Waals surface area contributed by atoms with Gasteiger partial charge in [-0.25, -0.2) is 4.79 Å². The Hall–Kier alpha value is -1.84. The van der Waals surface area contributed by atoms with Crippen LogP contribution in [0.1, 0.15) is 32.6 Å². The molecule has 1 atom stereocenters. The second kappa shape index (κ2) is 6.36. The number of Topliss-reactive ketones (excluding diaryl/α,β-unsaturated/α-hetero) is 1. The third-order valence-electron chi connectivity index (χ3n) is 3.44. The average molecular weight is 260 g/mol. The fraction of sp³-hybridized carbons (Fsp3) is 0.467. The number of anilines is 1. The van der Waals surface area contributed by atoms with Gasteiger partial charge < -0.3 is 10.2 Å². The Balaban J connectivity index is 2.02. The maximum atomic E-state index is 12.3. The van der Waals surface area contributed by atoms with Gasteiger partial charge in [0.1, 0.15) is 5.78 Å². The van der Waals surface area contributed by atoms with Gasteiger partial charge in [-0.2, -0.15) is 0 Å². The zero-order valence-corrected chi connectivity index (χ0v) is 11.3. The van der Waals surface area contributed by atoms with E-state index in [0.717, 1.165) is 18.5 Å². The van der Waals surface area contributed by atoms with Crippen molar-refractivity contribution in [1.82, 2.24) is 4.90 Å². The molecule has 102 valence electrons. The Morgan fingerprint density at radius 3 is 2.79 bits per heavy atom. The predicted octanol–water partition coefficient (Wildman–Crippen LogP) is 3.05. The maximum Gasteiger partial charge on any atom is 0.322 e. The first-order chi connectivity index (χ1) is 9.20. The lowest BCUT2D eigenvalue weighted by Crippen LogP contribution is -2.48. The van der Waals surface area contributed by atoms with Crippen LogP contribution in [0.3, 0.4) is 0 Å². The molecule has 1 fully saturated rings. The lowest BCUT2D eigenvalue weighted by molar-refractivity contribution is -0.122. The Bertz CT molecular complexity index is 445. The fourth-order valence-electron chi connectivity index (χ4n) is 2.48. The molecule has 1 N–H and O–H groups in total. The van der Waals surface area contributed by atoms with Crippen molar-refractivity contribution < 1.29 is 9.59 Å². The summed E-state index contributed by atoms with van der Waals surface area (Å²) in [6.07, 6.45) is 2.83. The minimum atomic E-state index is -0.0999. The Labute approximate surface area is 113 Å². The lowest BCUT2D eigenvalue weighted by atomic mass is 9.97. The average Bonchev–Trinajstić information content (AvgIpc) is 2.40. The molecule has 0 aromatic heterocycles. The topological polar surface area (TPSA) is 49.4 Å². The van der Waals surface area contributed by atoms with E-state index in [4.69, 9.17) is 0 Å². The van der Waals surface area contributed by atoms with Crippen molar-refractivity contribution in [3.63, 3.8) is 0 Å². The second-order valence-corrected chi connectivity index (χ2v) is 4.92. The first kappa shape index (κ1) is 13.6. The van der Waals surface area contributed by atoms with Gasteiger partial charge in [0.15, 0.2) is 0 Å². The zero-order valence-electron chi connectivity index (χ0n) is 11.3. The zero-order chi connectivity index (χ0) is 13.7. The number of amides is 2. The number of likely N-dealkylation sites (tertiary alicyclic amines) is 1. The number of ketones is 1. The second-order valence-electron chi connectivity index (χ2n) is 4.92.